The van der Waals surface area contributed by atoms with E-state index >= 15 is 0 Å². The molecule has 2 rings (SSSR count). The van der Waals surface area contributed by atoms with Gasteiger partial charge in [0.25, 0.3) is 0 Å². The first kappa shape index (κ1) is 24.8. The van der Waals surface area contributed by atoms with Crippen molar-refractivity contribution >= 4 is 18.0 Å². The highest BCUT2D eigenvalue weighted by Crippen LogP contribution is 2.28. The van der Waals surface area contributed by atoms with Gasteiger partial charge in [0.15, 0.2) is 11.5 Å². The number of hydrogen-bond donors (Lipinski definition) is 2. The highest BCUT2D eigenvalue weighted by molar-refractivity contribution is 5.94. The number of aromatic hydroxyl groups is 1. The summed E-state index contributed by atoms with van der Waals surface area (Å²) in [5.41, 5.74) is 1.54. The van der Waals surface area contributed by atoms with Gasteiger partial charge >= 0.3 is 5.97 Å². The number of carbonyl (C=O) groups is 2. The lowest BCUT2D eigenvalue weighted by molar-refractivity contribution is -0.144. The van der Waals surface area contributed by atoms with Crippen molar-refractivity contribution in [2.45, 2.75) is 38.6 Å². The Morgan fingerprint density at radius 1 is 1.06 bits per heavy atom. The molecule has 1 amide bonds. The highest BCUT2D eigenvalue weighted by atomic mass is 16.5. The molecule has 0 fully saturated rings. The van der Waals surface area contributed by atoms with E-state index in [1.807, 2.05) is 12.1 Å². The molecule has 0 spiro atoms. The van der Waals surface area contributed by atoms with Gasteiger partial charge < -0.3 is 24.6 Å². The van der Waals surface area contributed by atoms with Crippen LogP contribution in [0.4, 0.5) is 0 Å². The van der Waals surface area contributed by atoms with Crippen LogP contribution in [0.15, 0.2) is 48.5 Å². The molecule has 0 heterocycles. The molecule has 7 heteroatoms. The summed E-state index contributed by atoms with van der Waals surface area (Å²) in [7, 11) is 2.85. The third-order valence-electron chi connectivity index (χ3n) is 4.80. The van der Waals surface area contributed by atoms with Gasteiger partial charge in [-0.2, -0.15) is 0 Å². The molecule has 2 N–H and O–H groups in total. The second-order valence-electron chi connectivity index (χ2n) is 7.25. The molecule has 0 unspecified atom stereocenters. The Labute approximate surface area is 189 Å². The van der Waals surface area contributed by atoms with Crippen molar-refractivity contribution in [1.82, 2.24) is 5.32 Å². The van der Waals surface area contributed by atoms with Crippen molar-refractivity contribution in [2.24, 2.45) is 0 Å². The van der Waals surface area contributed by atoms with Gasteiger partial charge in [-0.25, -0.2) is 4.79 Å². The monoisotopic (exact) mass is 441 g/mol. The number of hydrogen-bond acceptors (Lipinski definition) is 6. The summed E-state index contributed by atoms with van der Waals surface area (Å²) in [6, 6.07) is 11.0. The van der Waals surface area contributed by atoms with Crippen LogP contribution in [0.1, 0.15) is 37.3 Å². The van der Waals surface area contributed by atoms with Crippen LogP contribution >= 0.6 is 0 Å². The molecule has 0 aliphatic heterocycles. The Morgan fingerprint density at radius 2 is 1.81 bits per heavy atom. The lowest BCUT2D eigenvalue weighted by atomic mass is 10.1. The number of methoxy groups -OCH3 is 2. The fourth-order valence-corrected chi connectivity index (χ4v) is 3.04. The molecular formula is C25H31NO6. The maximum absolute atomic E-state index is 12.4. The van der Waals surface area contributed by atoms with Gasteiger partial charge in [0.1, 0.15) is 11.8 Å². The largest absolute Gasteiger partial charge is 0.508 e. The Bertz CT molecular complexity index is 907. The van der Waals surface area contributed by atoms with Crippen LogP contribution < -0.4 is 14.8 Å². The number of nitrogens with one attached hydrogen (secondary N) is 1. The minimum absolute atomic E-state index is 0.128. The van der Waals surface area contributed by atoms with Gasteiger partial charge in [0.05, 0.1) is 20.8 Å². The maximum atomic E-state index is 12.4. The fraction of sp³-hybridized carbons (Fsp3) is 0.360. The van der Waals surface area contributed by atoms with Crippen molar-refractivity contribution in [3.8, 4) is 17.2 Å². The van der Waals surface area contributed by atoms with Gasteiger partial charge in [-0.1, -0.05) is 38.0 Å². The minimum Gasteiger partial charge on any atom is -0.508 e. The van der Waals surface area contributed by atoms with Gasteiger partial charge in [-0.05, 0) is 47.9 Å². The zero-order chi connectivity index (χ0) is 23.3. The molecule has 2 aromatic rings. The van der Waals surface area contributed by atoms with Crippen LogP contribution in [0, 0.1) is 0 Å². The summed E-state index contributed by atoms with van der Waals surface area (Å²) in [6.45, 7) is 2.72. The molecule has 2 aromatic carbocycles. The van der Waals surface area contributed by atoms with Crippen LogP contribution in [0.2, 0.25) is 0 Å². The van der Waals surface area contributed by atoms with Crippen molar-refractivity contribution in [3.05, 3.63) is 59.7 Å². The first-order valence-corrected chi connectivity index (χ1v) is 10.6. The van der Waals surface area contributed by atoms with Crippen LogP contribution in [-0.2, 0) is 20.7 Å². The van der Waals surface area contributed by atoms with Crippen LogP contribution in [0.25, 0.3) is 6.08 Å². The van der Waals surface area contributed by atoms with E-state index in [0.717, 1.165) is 30.4 Å². The summed E-state index contributed by atoms with van der Waals surface area (Å²) < 4.78 is 16.0. The van der Waals surface area contributed by atoms with Gasteiger partial charge in [-0.15, -0.1) is 0 Å². The number of amides is 1. The van der Waals surface area contributed by atoms with E-state index in [0.29, 0.717) is 18.1 Å². The van der Waals surface area contributed by atoms with E-state index in [1.165, 1.54) is 25.3 Å². The van der Waals surface area contributed by atoms with Crippen LogP contribution in [-0.4, -0.2) is 43.9 Å². The standard InChI is InChI=1S/C25H31NO6/c1-4-5-6-15-32-23-17-19(9-13-22(23)30-2)10-14-24(28)26-21(25(29)31-3)16-18-7-11-20(27)12-8-18/h7-14,17,21,27H,4-6,15-16H2,1-3H3,(H,26,28)/b14-10+/t21-/m0/s1. The predicted molar refractivity (Wildman–Crippen MR) is 123 cm³/mol. The lowest BCUT2D eigenvalue weighted by Crippen LogP contribution is -2.42. The molecule has 172 valence electrons. The van der Waals surface area contributed by atoms with E-state index in [-0.39, 0.29) is 12.2 Å². The Hall–Kier alpha value is -3.48. The molecule has 7 nitrogen and oxygen atoms in total. The molecule has 0 aliphatic rings. The van der Waals surface area contributed by atoms with Gasteiger partial charge in [0, 0.05) is 12.5 Å². The van der Waals surface area contributed by atoms with E-state index in [1.54, 1.807) is 31.4 Å². The number of rotatable bonds is 12. The molecule has 0 radical (unpaired) electrons. The zero-order valence-corrected chi connectivity index (χ0v) is 18.8. The predicted octanol–water partition coefficient (Wildman–Crippen LogP) is 3.88. The van der Waals surface area contributed by atoms with Crippen LogP contribution in [0.5, 0.6) is 17.2 Å². The normalized spacial score (nSPS) is 11.7. The van der Waals surface area contributed by atoms with E-state index in [4.69, 9.17) is 14.2 Å². The van der Waals surface area contributed by atoms with Crippen LogP contribution in [0.3, 0.4) is 0 Å². The number of ether oxygens (including phenoxy) is 3. The second-order valence-corrected chi connectivity index (χ2v) is 7.25. The lowest BCUT2D eigenvalue weighted by Gasteiger charge is -2.15. The molecule has 0 aromatic heterocycles. The van der Waals surface area contributed by atoms with Crippen molar-refractivity contribution in [3.63, 3.8) is 0 Å². The van der Waals surface area contributed by atoms with Gasteiger partial charge in [0.2, 0.25) is 5.91 Å². The van der Waals surface area contributed by atoms with Crippen molar-refractivity contribution in [2.75, 3.05) is 20.8 Å². The number of carbonyl (C=O) groups excluding carboxylic acids is 2. The molecule has 32 heavy (non-hydrogen) atoms. The van der Waals surface area contributed by atoms with E-state index in [9.17, 15) is 14.7 Å². The molecule has 0 bridgehead atoms. The molecule has 0 saturated heterocycles. The SMILES string of the molecule is CCCCCOc1cc(/C=C/C(=O)N[C@@H](Cc2ccc(O)cc2)C(=O)OC)ccc1OC. The summed E-state index contributed by atoms with van der Waals surface area (Å²) in [5, 5.41) is 12.1. The second kappa shape index (κ2) is 13.0. The molecule has 0 saturated carbocycles. The van der Waals surface area contributed by atoms with Gasteiger partial charge in [-0.3, -0.25) is 4.79 Å². The third kappa shape index (κ3) is 7.98. The minimum atomic E-state index is -0.852. The van der Waals surface area contributed by atoms with Crippen molar-refractivity contribution in [1.29, 1.82) is 0 Å². The number of phenols is 1. The zero-order valence-electron chi connectivity index (χ0n) is 18.8. The first-order chi connectivity index (χ1) is 15.5. The molecule has 0 aliphatic carbocycles. The maximum Gasteiger partial charge on any atom is 0.328 e. The quantitative estimate of drug-likeness (QED) is 0.295. The van der Waals surface area contributed by atoms with E-state index < -0.39 is 17.9 Å². The summed E-state index contributed by atoms with van der Waals surface area (Å²) >= 11 is 0. The number of unbranched alkanes of at least 4 members (excludes halogenated alkanes) is 2. The first-order valence-electron chi connectivity index (χ1n) is 10.6. The number of benzene rings is 2. The molecular weight excluding hydrogens is 410 g/mol. The smallest absolute Gasteiger partial charge is 0.328 e. The number of phenolic OH excluding ortho intramolecular Hbond substituents is 1. The fourth-order valence-electron chi connectivity index (χ4n) is 3.04. The Morgan fingerprint density at radius 3 is 2.47 bits per heavy atom. The topological polar surface area (TPSA) is 94.1 Å². The summed E-state index contributed by atoms with van der Waals surface area (Å²) in [5.74, 6) is 0.393. The number of esters is 1. The average molecular weight is 442 g/mol. The third-order valence-corrected chi connectivity index (χ3v) is 4.80. The summed E-state index contributed by atoms with van der Waals surface area (Å²) in [6.07, 6.45) is 6.40. The average Bonchev–Trinajstić information content (AvgIpc) is 2.81. The van der Waals surface area contributed by atoms with E-state index in [2.05, 4.69) is 12.2 Å². The summed E-state index contributed by atoms with van der Waals surface area (Å²) in [4.78, 5) is 24.6. The Balaban J connectivity index is 2.04. The van der Waals surface area contributed by atoms with Crippen molar-refractivity contribution < 1.29 is 28.9 Å². The molecule has 1 atom stereocenters. The Kier molecular flexibility index (Phi) is 10.1. The highest BCUT2D eigenvalue weighted by Gasteiger charge is 2.21.